The number of furan rings is 1. The van der Waals surface area contributed by atoms with Crippen molar-refractivity contribution in [2.75, 3.05) is 14.2 Å². The third-order valence-electron chi connectivity index (χ3n) is 6.15. The second kappa shape index (κ2) is 11.2. The van der Waals surface area contributed by atoms with Gasteiger partial charge in [-0.2, -0.15) is 0 Å². The number of methoxy groups -OCH3 is 2. The summed E-state index contributed by atoms with van der Waals surface area (Å²) >= 11 is 1.34. The first-order valence-electron chi connectivity index (χ1n) is 11.5. The molecular weight excluding hydrogens is 452 g/mol. The second-order valence-electron chi connectivity index (χ2n) is 8.34. The Morgan fingerprint density at radius 3 is 2.59 bits per heavy atom. The van der Waals surface area contributed by atoms with Gasteiger partial charge < -0.3 is 24.1 Å². The van der Waals surface area contributed by atoms with E-state index < -0.39 is 6.04 Å². The zero-order chi connectivity index (χ0) is 23.9. The maximum Gasteiger partial charge on any atom is 0.265 e. The molecule has 1 atom stereocenters. The molecule has 3 aromatic rings. The van der Waals surface area contributed by atoms with E-state index in [1.54, 1.807) is 61.8 Å². The van der Waals surface area contributed by atoms with E-state index in [0.717, 1.165) is 25.7 Å². The van der Waals surface area contributed by atoms with E-state index in [0.29, 0.717) is 27.7 Å². The summed E-state index contributed by atoms with van der Waals surface area (Å²) in [5.41, 5.74) is 0.591. The molecule has 2 heterocycles. The van der Waals surface area contributed by atoms with Gasteiger partial charge in [0.05, 0.1) is 31.9 Å². The number of carbonyl (C=O) groups excluding carboxylic acids is 2. The Kier molecular flexibility index (Phi) is 7.90. The van der Waals surface area contributed by atoms with Crippen LogP contribution in [0.1, 0.15) is 59.1 Å². The number of nitrogens with zero attached hydrogens (tertiary/aromatic N) is 1. The van der Waals surface area contributed by atoms with Gasteiger partial charge in [-0.05, 0) is 48.6 Å². The van der Waals surface area contributed by atoms with Crippen molar-refractivity contribution in [3.05, 3.63) is 70.3 Å². The Hall–Kier alpha value is -3.26. The number of benzene rings is 1. The number of hydrogen-bond acceptors (Lipinski definition) is 6. The number of thiophene rings is 1. The van der Waals surface area contributed by atoms with Crippen LogP contribution in [-0.4, -0.2) is 37.0 Å². The number of carbonyl (C=O) groups is 2. The predicted molar refractivity (Wildman–Crippen MR) is 130 cm³/mol. The molecule has 4 rings (SSSR count). The highest BCUT2D eigenvalue weighted by Gasteiger charge is 2.36. The van der Waals surface area contributed by atoms with Crippen LogP contribution in [0.15, 0.2) is 58.5 Å². The molecule has 0 bridgehead atoms. The maximum atomic E-state index is 13.9. The highest BCUT2D eigenvalue weighted by Crippen LogP contribution is 2.35. The van der Waals surface area contributed by atoms with Crippen LogP contribution in [0.2, 0.25) is 0 Å². The van der Waals surface area contributed by atoms with Crippen molar-refractivity contribution < 1.29 is 23.5 Å². The molecule has 1 aliphatic carbocycles. The standard InChI is InChI=1S/C26H30N2O5S/c1-31-19-12-13-21(22(16-19)32-2)24(25(29)27-18-8-4-3-5-9-18)28(17-20-10-6-14-33-20)26(30)23-11-7-15-34-23/h6-7,10-16,18,24H,3-5,8-9,17H2,1-2H3,(H,27,29). The molecule has 1 fully saturated rings. The van der Waals surface area contributed by atoms with Crippen LogP contribution in [-0.2, 0) is 11.3 Å². The summed E-state index contributed by atoms with van der Waals surface area (Å²) < 4.78 is 16.6. The maximum absolute atomic E-state index is 13.9. The Labute approximate surface area is 203 Å². The Balaban J connectivity index is 1.77. The van der Waals surface area contributed by atoms with Gasteiger partial charge >= 0.3 is 0 Å². The van der Waals surface area contributed by atoms with Crippen molar-refractivity contribution in [3.63, 3.8) is 0 Å². The Morgan fingerprint density at radius 1 is 1.12 bits per heavy atom. The van der Waals surface area contributed by atoms with Gasteiger partial charge in [-0.3, -0.25) is 9.59 Å². The van der Waals surface area contributed by atoms with Crippen LogP contribution in [0.5, 0.6) is 11.5 Å². The van der Waals surface area contributed by atoms with Crippen molar-refractivity contribution in [2.45, 2.75) is 50.7 Å². The topological polar surface area (TPSA) is 81.0 Å². The second-order valence-corrected chi connectivity index (χ2v) is 9.29. The van der Waals surface area contributed by atoms with E-state index in [1.165, 1.54) is 17.8 Å². The lowest BCUT2D eigenvalue weighted by Crippen LogP contribution is -2.46. The predicted octanol–water partition coefficient (Wildman–Crippen LogP) is 5.19. The monoisotopic (exact) mass is 482 g/mol. The minimum Gasteiger partial charge on any atom is -0.497 e. The zero-order valence-electron chi connectivity index (χ0n) is 19.5. The van der Waals surface area contributed by atoms with Gasteiger partial charge in [0.25, 0.3) is 5.91 Å². The van der Waals surface area contributed by atoms with Gasteiger partial charge in [0, 0.05) is 17.7 Å². The van der Waals surface area contributed by atoms with Crippen LogP contribution >= 0.6 is 11.3 Å². The van der Waals surface area contributed by atoms with Crippen LogP contribution in [0, 0.1) is 0 Å². The largest absolute Gasteiger partial charge is 0.497 e. The molecule has 2 amide bonds. The van der Waals surface area contributed by atoms with E-state index in [4.69, 9.17) is 13.9 Å². The fourth-order valence-corrected chi connectivity index (χ4v) is 5.09. The van der Waals surface area contributed by atoms with Crippen LogP contribution in [0.25, 0.3) is 0 Å². The minimum atomic E-state index is -0.914. The lowest BCUT2D eigenvalue weighted by molar-refractivity contribution is -0.127. The molecule has 1 aromatic carbocycles. The third-order valence-corrected chi connectivity index (χ3v) is 7.00. The van der Waals surface area contributed by atoms with Gasteiger partial charge in [0.2, 0.25) is 5.91 Å². The molecule has 1 N–H and O–H groups in total. The molecule has 0 aliphatic heterocycles. The Bertz CT molecular complexity index is 1070. The summed E-state index contributed by atoms with van der Waals surface area (Å²) in [6.45, 7) is 0.141. The van der Waals surface area contributed by atoms with Crippen molar-refractivity contribution in [2.24, 2.45) is 0 Å². The molecule has 0 saturated heterocycles. The van der Waals surface area contributed by atoms with Crippen molar-refractivity contribution in [3.8, 4) is 11.5 Å². The van der Waals surface area contributed by atoms with Crippen molar-refractivity contribution in [1.29, 1.82) is 0 Å². The highest BCUT2D eigenvalue weighted by atomic mass is 32.1. The van der Waals surface area contributed by atoms with Gasteiger partial charge in [0.1, 0.15) is 23.3 Å². The summed E-state index contributed by atoms with van der Waals surface area (Å²) in [5, 5.41) is 5.06. The number of amides is 2. The third kappa shape index (κ3) is 5.44. The average Bonchev–Trinajstić information content (AvgIpc) is 3.58. The first-order chi connectivity index (χ1) is 16.6. The molecule has 7 nitrogen and oxygen atoms in total. The quantitative estimate of drug-likeness (QED) is 0.454. The molecule has 1 unspecified atom stereocenters. The summed E-state index contributed by atoms with van der Waals surface area (Å²) in [6.07, 6.45) is 6.81. The van der Waals surface area contributed by atoms with Crippen LogP contribution in [0.4, 0.5) is 0 Å². The minimum absolute atomic E-state index is 0.0929. The van der Waals surface area contributed by atoms with Gasteiger partial charge in [-0.1, -0.05) is 25.3 Å². The molecule has 1 saturated carbocycles. The summed E-state index contributed by atoms with van der Waals surface area (Å²) in [4.78, 5) is 29.7. The smallest absolute Gasteiger partial charge is 0.265 e. The molecule has 34 heavy (non-hydrogen) atoms. The first-order valence-corrected chi connectivity index (χ1v) is 12.4. The van der Waals surface area contributed by atoms with E-state index in [-0.39, 0.29) is 24.4 Å². The first kappa shape index (κ1) is 23.9. The molecule has 180 valence electrons. The SMILES string of the molecule is COc1ccc(C(C(=O)NC2CCCCC2)N(Cc2ccco2)C(=O)c2cccs2)c(OC)c1. The summed E-state index contributed by atoms with van der Waals surface area (Å²) in [7, 11) is 3.12. The average molecular weight is 483 g/mol. The molecule has 8 heteroatoms. The van der Waals surface area contributed by atoms with E-state index in [9.17, 15) is 9.59 Å². The number of rotatable bonds is 9. The normalized spacial score (nSPS) is 14.9. The van der Waals surface area contributed by atoms with Crippen molar-refractivity contribution in [1.82, 2.24) is 10.2 Å². The van der Waals surface area contributed by atoms with E-state index >= 15 is 0 Å². The van der Waals surface area contributed by atoms with Gasteiger partial charge in [-0.25, -0.2) is 0 Å². The van der Waals surface area contributed by atoms with Crippen LogP contribution < -0.4 is 14.8 Å². The molecule has 2 aromatic heterocycles. The van der Waals surface area contributed by atoms with Crippen LogP contribution in [0.3, 0.4) is 0 Å². The summed E-state index contributed by atoms with van der Waals surface area (Å²) in [6, 6.07) is 11.6. The Morgan fingerprint density at radius 2 is 1.94 bits per heavy atom. The summed E-state index contributed by atoms with van der Waals surface area (Å²) in [5.74, 6) is 1.20. The number of ether oxygens (including phenoxy) is 2. The van der Waals surface area contributed by atoms with Gasteiger partial charge in [0.15, 0.2) is 0 Å². The number of hydrogen-bond donors (Lipinski definition) is 1. The molecule has 1 aliphatic rings. The van der Waals surface area contributed by atoms with E-state index in [2.05, 4.69) is 5.32 Å². The lowest BCUT2D eigenvalue weighted by atomic mass is 9.94. The molecule has 0 spiro atoms. The molecule has 0 radical (unpaired) electrons. The van der Waals surface area contributed by atoms with Gasteiger partial charge in [-0.15, -0.1) is 11.3 Å². The zero-order valence-corrected chi connectivity index (χ0v) is 20.3. The highest BCUT2D eigenvalue weighted by molar-refractivity contribution is 7.12. The fourth-order valence-electron chi connectivity index (χ4n) is 4.41. The van der Waals surface area contributed by atoms with E-state index in [1.807, 2.05) is 11.4 Å². The fraction of sp³-hybridized carbons (Fsp3) is 0.385. The lowest BCUT2D eigenvalue weighted by Gasteiger charge is -2.33. The number of nitrogens with one attached hydrogen (secondary N) is 1. The molecular formula is C26H30N2O5S. The van der Waals surface area contributed by atoms with Crippen molar-refractivity contribution >= 4 is 23.2 Å².